The minimum Gasteiger partial charge on any atom is -0.508 e. The lowest BCUT2D eigenvalue weighted by Gasteiger charge is -2.50. The van der Waals surface area contributed by atoms with Gasteiger partial charge >= 0.3 is 0 Å². The first-order valence-corrected chi connectivity index (χ1v) is 6.67. The third-order valence-electron chi connectivity index (χ3n) is 4.99. The molecule has 1 aliphatic heterocycles. The number of rotatable bonds is 1. The highest BCUT2D eigenvalue weighted by atomic mass is 16.3. The Balaban J connectivity index is 2.12. The minimum absolute atomic E-state index is 0.323. The Morgan fingerprint density at radius 1 is 1.47 bits per heavy atom. The fourth-order valence-corrected chi connectivity index (χ4v) is 3.76. The second-order valence-corrected chi connectivity index (χ2v) is 5.77. The number of phenolic OH excluding ortho intramolecular Hbond substituents is 1. The van der Waals surface area contributed by atoms with E-state index in [0.717, 1.165) is 6.42 Å². The van der Waals surface area contributed by atoms with Crippen LogP contribution < -0.4 is 0 Å². The molecule has 2 heteroatoms. The molecule has 2 bridgehead atoms. The summed E-state index contributed by atoms with van der Waals surface area (Å²) in [6, 6.07) is 6.67. The van der Waals surface area contributed by atoms with Crippen LogP contribution in [0.4, 0.5) is 0 Å². The monoisotopic (exact) mass is 231 g/mol. The number of phenols is 1. The second kappa shape index (κ2) is 3.74. The first-order chi connectivity index (χ1) is 8.14. The molecule has 0 saturated carbocycles. The molecular weight excluding hydrogens is 210 g/mol. The van der Waals surface area contributed by atoms with Gasteiger partial charge in [0.05, 0.1) is 0 Å². The van der Waals surface area contributed by atoms with Crippen LogP contribution in [0.25, 0.3) is 0 Å². The van der Waals surface area contributed by atoms with Crippen LogP contribution in [-0.2, 0) is 11.8 Å². The second-order valence-electron chi connectivity index (χ2n) is 5.77. The van der Waals surface area contributed by atoms with Crippen LogP contribution in [0.5, 0.6) is 5.75 Å². The molecule has 1 N–H and O–H groups in total. The Hall–Kier alpha value is -1.02. The van der Waals surface area contributed by atoms with E-state index < -0.39 is 0 Å². The van der Waals surface area contributed by atoms with E-state index in [1.807, 2.05) is 12.1 Å². The van der Waals surface area contributed by atoms with E-state index in [1.165, 1.54) is 36.9 Å². The fourth-order valence-electron chi connectivity index (χ4n) is 3.76. The summed E-state index contributed by atoms with van der Waals surface area (Å²) in [5, 5.41) is 9.74. The van der Waals surface area contributed by atoms with E-state index in [4.69, 9.17) is 0 Å². The zero-order valence-corrected chi connectivity index (χ0v) is 10.7. The molecule has 0 spiro atoms. The summed E-state index contributed by atoms with van der Waals surface area (Å²) in [6.45, 7) is 3.48. The summed E-state index contributed by atoms with van der Waals surface area (Å²) in [5.74, 6) is 0.425. The zero-order chi connectivity index (χ0) is 12.0. The standard InChI is InChI=1S/C15H21NO/c1-3-15-6-7-16(2)12(10-15)8-11-4-5-13(17)9-14(11)15/h4-5,9,12,17H,3,6-8,10H2,1-2H3/t12-,15-/m0/s1. The highest BCUT2D eigenvalue weighted by Crippen LogP contribution is 2.47. The highest BCUT2D eigenvalue weighted by molar-refractivity contribution is 5.43. The smallest absolute Gasteiger partial charge is 0.115 e. The number of fused-ring (bicyclic) bond motifs is 4. The van der Waals surface area contributed by atoms with Crippen LogP contribution in [0.3, 0.4) is 0 Å². The van der Waals surface area contributed by atoms with E-state index in [2.05, 4.69) is 24.9 Å². The summed E-state index contributed by atoms with van der Waals surface area (Å²) in [7, 11) is 2.25. The number of likely N-dealkylation sites (tertiary alicyclic amines) is 1. The lowest BCUT2D eigenvalue weighted by Crippen LogP contribution is -2.51. The summed E-state index contributed by atoms with van der Waals surface area (Å²) < 4.78 is 0. The normalized spacial score (nSPS) is 32.2. The van der Waals surface area contributed by atoms with Crippen molar-refractivity contribution < 1.29 is 5.11 Å². The zero-order valence-electron chi connectivity index (χ0n) is 10.7. The van der Waals surface area contributed by atoms with Gasteiger partial charge < -0.3 is 10.0 Å². The molecule has 1 fully saturated rings. The van der Waals surface area contributed by atoms with Gasteiger partial charge in [0.25, 0.3) is 0 Å². The molecule has 1 saturated heterocycles. The summed E-state index contributed by atoms with van der Waals surface area (Å²) in [5.41, 5.74) is 3.19. The van der Waals surface area contributed by atoms with Crippen molar-refractivity contribution in [2.45, 2.75) is 44.1 Å². The third kappa shape index (κ3) is 1.58. The maximum absolute atomic E-state index is 9.74. The van der Waals surface area contributed by atoms with Crippen molar-refractivity contribution in [2.24, 2.45) is 0 Å². The number of hydrogen-bond acceptors (Lipinski definition) is 2. The molecule has 3 rings (SSSR count). The Morgan fingerprint density at radius 3 is 3.06 bits per heavy atom. The molecule has 2 atom stereocenters. The molecule has 92 valence electrons. The SMILES string of the molecule is CC[C@@]12CCN(C)[C@@H](Cc3ccc(O)cc31)C2. The van der Waals surface area contributed by atoms with Crippen molar-refractivity contribution in [3.05, 3.63) is 29.3 Å². The van der Waals surface area contributed by atoms with Crippen LogP contribution in [0, 0.1) is 0 Å². The van der Waals surface area contributed by atoms with E-state index in [9.17, 15) is 5.11 Å². The summed E-state index contributed by atoms with van der Waals surface area (Å²) in [4.78, 5) is 2.50. The quantitative estimate of drug-likeness (QED) is 0.803. The van der Waals surface area contributed by atoms with Crippen LogP contribution >= 0.6 is 0 Å². The van der Waals surface area contributed by atoms with Crippen LogP contribution in [0.2, 0.25) is 0 Å². The number of hydrogen-bond donors (Lipinski definition) is 1. The molecule has 0 radical (unpaired) electrons. The topological polar surface area (TPSA) is 23.5 Å². The predicted molar refractivity (Wildman–Crippen MR) is 69.4 cm³/mol. The average Bonchev–Trinajstić information content (AvgIpc) is 2.35. The van der Waals surface area contributed by atoms with Gasteiger partial charge in [0.2, 0.25) is 0 Å². The van der Waals surface area contributed by atoms with Gasteiger partial charge in [-0.15, -0.1) is 0 Å². The molecule has 17 heavy (non-hydrogen) atoms. The molecule has 1 aromatic rings. The number of aromatic hydroxyl groups is 1. The molecule has 1 aliphatic carbocycles. The van der Waals surface area contributed by atoms with Gasteiger partial charge in [-0.1, -0.05) is 13.0 Å². The van der Waals surface area contributed by atoms with Crippen molar-refractivity contribution in [3.63, 3.8) is 0 Å². The first kappa shape index (κ1) is 11.1. The van der Waals surface area contributed by atoms with Gasteiger partial charge in [0.15, 0.2) is 0 Å². The van der Waals surface area contributed by atoms with Crippen LogP contribution in [0.1, 0.15) is 37.3 Å². The Kier molecular flexibility index (Phi) is 2.44. The predicted octanol–water partition coefficient (Wildman–Crippen LogP) is 2.69. The molecule has 0 aromatic heterocycles. The van der Waals surface area contributed by atoms with E-state index in [-0.39, 0.29) is 0 Å². The van der Waals surface area contributed by atoms with E-state index in [1.54, 1.807) is 0 Å². The van der Waals surface area contributed by atoms with Crippen LogP contribution in [0.15, 0.2) is 18.2 Å². The van der Waals surface area contributed by atoms with Gasteiger partial charge in [0, 0.05) is 6.04 Å². The number of nitrogens with zero attached hydrogens (tertiary/aromatic N) is 1. The largest absolute Gasteiger partial charge is 0.508 e. The van der Waals surface area contributed by atoms with E-state index in [0.29, 0.717) is 17.2 Å². The van der Waals surface area contributed by atoms with Gasteiger partial charge in [-0.05, 0) is 68.0 Å². The molecule has 1 heterocycles. The highest BCUT2D eigenvalue weighted by Gasteiger charge is 2.43. The molecular formula is C15H21NO. The lowest BCUT2D eigenvalue weighted by molar-refractivity contribution is 0.101. The molecule has 0 amide bonds. The number of likely N-dealkylation sites (N-methyl/N-ethyl adjacent to an activating group) is 1. The summed E-state index contributed by atoms with van der Waals surface area (Å²) >= 11 is 0. The number of benzene rings is 1. The fraction of sp³-hybridized carbons (Fsp3) is 0.600. The van der Waals surface area contributed by atoms with Crippen LogP contribution in [-0.4, -0.2) is 29.6 Å². The lowest BCUT2D eigenvalue weighted by atomic mass is 9.62. The van der Waals surface area contributed by atoms with Crippen molar-refractivity contribution in [2.75, 3.05) is 13.6 Å². The minimum atomic E-state index is 0.323. The Bertz CT molecular complexity index is 443. The maximum Gasteiger partial charge on any atom is 0.115 e. The first-order valence-electron chi connectivity index (χ1n) is 6.67. The third-order valence-corrected chi connectivity index (χ3v) is 4.99. The number of piperidine rings is 1. The average molecular weight is 231 g/mol. The molecule has 2 aliphatic rings. The molecule has 1 aromatic carbocycles. The summed E-state index contributed by atoms with van der Waals surface area (Å²) in [6.07, 6.45) is 4.82. The van der Waals surface area contributed by atoms with E-state index >= 15 is 0 Å². The van der Waals surface area contributed by atoms with Gasteiger partial charge in [-0.25, -0.2) is 0 Å². The van der Waals surface area contributed by atoms with Gasteiger partial charge in [0.1, 0.15) is 5.75 Å². The molecule has 0 unspecified atom stereocenters. The van der Waals surface area contributed by atoms with Gasteiger partial charge in [-0.2, -0.15) is 0 Å². The van der Waals surface area contributed by atoms with Gasteiger partial charge in [-0.3, -0.25) is 0 Å². The molecule has 2 nitrogen and oxygen atoms in total. The van der Waals surface area contributed by atoms with Crippen molar-refractivity contribution in [1.82, 2.24) is 4.90 Å². The Labute approximate surface area is 103 Å². The van der Waals surface area contributed by atoms with Crippen molar-refractivity contribution >= 4 is 0 Å². The maximum atomic E-state index is 9.74. The van der Waals surface area contributed by atoms with Crippen molar-refractivity contribution in [1.29, 1.82) is 0 Å². The Morgan fingerprint density at radius 2 is 2.29 bits per heavy atom. The van der Waals surface area contributed by atoms with Crippen molar-refractivity contribution in [3.8, 4) is 5.75 Å².